The molecular weight excluding hydrogens is 238 g/mol. The van der Waals surface area contributed by atoms with Crippen molar-refractivity contribution in [2.24, 2.45) is 11.8 Å². The molecule has 3 nitrogen and oxygen atoms in total. The predicted octanol–water partition coefficient (Wildman–Crippen LogP) is 2.96. The van der Waals surface area contributed by atoms with Crippen molar-refractivity contribution in [3.8, 4) is 5.75 Å². The molecule has 0 amide bonds. The van der Waals surface area contributed by atoms with Gasteiger partial charge >= 0.3 is 0 Å². The van der Waals surface area contributed by atoms with Crippen molar-refractivity contribution in [3.63, 3.8) is 0 Å². The zero-order valence-electron chi connectivity index (χ0n) is 11.8. The number of nitrogens with one attached hydrogen (secondary N) is 1. The van der Waals surface area contributed by atoms with E-state index >= 15 is 0 Å². The maximum absolute atomic E-state index is 10.1. The highest BCUT2D eigenvalue weighted by atomic mass is 16.5. The Morgan fingerprint density at radius 2 is 1.95 bits per heavy atom. The summed E-state index contributed by atoms with van der Waals surface area (Å²) in [5.74, 6) is 1.95. The van der Waals surface area contributed by atoms with Gasteiger partial charge in [0.05, 0.1) is 6.61 Å². The van der Waals surface area contributed by atoms with Crippen LogP contribution in [0.2, 0.25) is 0 Å². The second kappa shape index (κ2) is 5.04. The topological polar surface area (TPSA) is 41.5 Å². The Labute approximate surface area is 115 Å². The quantitative estimate of drug-likeness (QED) is 0.754. The Morgan fingerprint density at radius 3 is 2.79 bits per heavy atom. The van der Waals surface area contributed by atoms with E-state index in [0.717, 1.165) is 37.3 Å². The van der Waals surface area contributed by atoms with Gasteiger partial charge in [0.2, 0.25) is 0 Å². The van der Waals surface area contributed by atoms with Crippen LogP contribution >= 0.6 is 0 Å². The number of aliphatic hydroxyl groups is 1. The van der Waals surface area contributed by atoms with Gasteiger partial charge in [-0.3, -0.25) is 0 Å². The Hall–Kier alpha value is -1.22. The molecule has 0 aromatic heterocycles. The van der Waals surface area contributed by atoms with Crippen LogP contribution in [0.15, 0.2) is 12.1 Å². The number of hydrogen-bond donors (Lipinski definition) is 2. The van der Waals surface area contributed by atoms with E-state index in [1.807, 2.05) is 0 Å². The molecule has 1 aromatic rings. The summed E-state index contributed by atoms with van der Waals surface area (Å²) in [6.07, 6.45) is 3.82. The summed E-state index contributed by atoms with van der Waals surface area (Å²) in [6, 6.07) is 4.37. The highest BCUT2D eigenvalue weighted by Gasteiger charge is 2.23. The first-order valence-corrected chi connectivity index (χ1v) is 7.36. The second-order valence-corrected chi connectivity index (χ2v) is 6.18. The molecule has 3 unspecified atom stereocenters. The van der Waals surface area contributed by atoms with E-state index in [2.05, 4.69) is 31.3 Å². The molecule has 2 heterocycles. The molecule has 2 N–H and O–H groups in total. The standard InChI is InChI=1S/C16H23NO2/c1-10-3-5-13-7-14-12(8-15(13)19-9-10)6-4-11(2)16(18)17-14/h7-8,10-11,16-18H,3-6,9H2,1-2H3. The zero-order chi connectivity index (χ0) is 13.4. The molecule has 0 bridgehead atoms. The number of aryl methyl sites for hydroxylation is 2. The van der Waals surface area contributed by atoms with E-state index < -0.39 is 6.23 Å². The van der Waals surface area contributed by atoms with Crippen molar-refractivity contribution in [1.29, 1.82) is 0 Å². The molecule has 0 fully saturated rings. The molecule has 0 aliphatic carbocycles. The van der Waals surface area contributed by atoms with E-state index in [1.54, 1.807) is 0 Å². The Balaban J connectivity index is 1.94. The smallest absolute Gasteiger partial charge is 0.127 e. The van der Waals surface area contributed by atoms with Crippen molar-refractivity contribution < 1.29 is 9.84 Å². The first-order chi connectivity index (χ1) is 9.13. The van der Waals surface area contributed by atoms with Crippen LogP contribution in [0, 0.1) is 11.8 Å². The molecule has 0 radical (unpaired) electrons. The number of fused-ring (bicyclic) bond motifs is 2. The summed E-state index contributed by atoms with van der Waals surface area (Å²) in [5.41, 5.74) is 3.64. The van der Waals surface area contributed by atoms with Crippen molar-refractivity contribution in [1.82, 2.24) is 0 Å². The first kappa shape index (κ1) is 12.8. The normalized spacial score (nSPS) is 30.2. The molecule has 3 rings (SSSR count). The lowest BCUT2D eigenvalue weighted by molar-refractivity contribution is 0.141. The van der Waals surface area contributed by atoms with Crippen molar-refractivity contribution in [2.75, 3.05) is 11.9 Å². The van der Waals surface area contributed by atoms with Gasteiger partial charge in [0.1, 0.15) is 12.0 Å². The molecule has 104 valence electrons. The van der Waals surface area contributed by atoms with Crippen LogP contribution in [-0.4, -0.2) is 17.9 Å². The third-order valence-electron chi connectivity index (χ3n) is 4.43. The number of benzene rings is 1. The lowest BCUT2D eigenvalue weighted by Crippen LogP contribution is -2.25. The summed E-state index contributed by atoms with van der Waals surface area (Å²) < 4.78 is 5.93. The lowest BCUT2D eigenvalue weighted by Gasteiger charge is -2.18. The SMILES string of the molecule is CC1CCc2cc3c(cc2OC1)CCC(C)C(O)N3. The van der Waals surface area contributed by atoms with Crippen LogP contribution in [0.25, 0.3) is 0 Å². The van der Waals surface area contributed by atoms with Gasteiger partial charge in [-0.05, 0) is 54.9 Å². The maximum Gasteiger partial charge on any atom is 0.127 e. The van der Waals surface area contributed by atoms with E-state index in [-0.39, 0.29) is 5.92 Å². The summed E-state index contributed by atoms with van der Waals surface area (Å²) in [7, 11) is 0. The van der Waals surface area contributed by atoms with E-state index in [9.17, 15) is 5.11 Å². The molecule has 3 atom stereocenters. The fourth-order valence-corrected chi connectivity index (χ4v) is 2.90. The number of hydrogen-bond acceptors (Lipinski definition) is 3. The largest absolute Gasteiger partial charge is 0.493 e. The molecule has 0 spiro atoms. The molecule has 0 saturated heterocycles. The van der Waals surface area contributed by atoms with Gasteiger partial charge < -0.3 is 15.2 Å². The number of ether oxygens (including phenoxy) is 1. The fourth-order valence-electron chi connectivity index (χ4n) is 2.90. The molecule has 0 saturated carbocycles. The van der Waals surface area contributed by atoms with Gasteiger partial charge in [-0.2, -0.15) is 0 Å². The molecular formula is C16H23NO2. The van der Waals surface area contributed by atoms with Gasteiger partial charge in [0.25, 0.3) is 0 Å². The van der Waals surface area contributed by atoms with Gasteiger partial charge in [-0.15, -0.1) is 0 Å². The van der Waals surface area contributed by atoms with Crippen LogP contribution < -0.4 is 10.1 Å². The fraction of sp³-hybridized carbons (Fsp3) is 0.625. The summed E-state index contributed by atoms with van der Waals surface area (Å²) in [4.78, 5) is 0. The van der Waals surface area contributed by atoms with Gasteiger partial charge in [-0.1, -0.05) is 13.8 Å². The third kappa shape index (κ3) is 2.57. The molecule has 1 aromatic carbocycles. The molecule has 3 heteroatoms. The summed E-state index contributed by atoms with van der Waals surface area (Å²) in [6.45, 7) is 5.14. The van der Waals surface area contributed by atoms with Gasteiger partial charge in [0, 0.05) is 11.6 Å². The average molecular weight is 261 g/mol. The van der Waals surface area contributed by atoms with Crippen LogP contribution in [0.1, 0.15) is 37.8 Å². The summed E-state index contributed by atoms with van der Waals surface area (Å²) >= 11 is 0. The molecule has 19 heavy (non-hydrogen) atoms. The Bertz CT molecular complexity index is 472. The maximum atomic E-state index is 10.1. The van der Waals surface area contributed by atoms with Crippen LogP contribution in [0.5, 0.6) is 5.75 Å². The van der Waals surface area contributed by atoms with E-state index in [4.69, 9.17) is 4.74 Å². The summed E-state index contributed by atoms with van der Waals surface area (Å²) in [5, 5.41) is 13.3. The van der Waals surface area contributed by atoms with E-state index in [1.165, 1.54) is 17.5 Å². The van der Waals surface area contributed by atoms with Crippen LogP contribution in [0.3, 0.4) is 0 Å². The first-order valence-electron chi connectivity index (χ1n) is 7.36. The molecule has 2 aliphatic heterocycles. The number of rotatable bonds is 0. The lowest BCUT2D eigenvalue weighted by atomic mass is 9.98. The van der Waals surface area contributed by atoms with Crippen molar-refractivity contribution in [3.05, 3.63) is 23.3 Å². The highest BCUT2D eigenvalue weighted by molar-refractivity contribution is 5.59. The van der Waals surface area contributed by atoms with E-state index in [0.29, 0.717) is 5.92 Å². The van der Waals surface area contributed by atoms with Crippen molar-refractivity contribution in [2.45, 2.75) is 45.8 Å². The third-order valence-corrected chi connectivity index (χ3v) is 4.43. The minimum absolute atomic E-state index is 0.285. The number of aliphatic hydroxyl groups excluding tert-OH is 1. The van der Waals surface area contributed by atoms with Crippen molar-refractivity contribution >= 4 is 5.69 Å². The van der Waals surface area contributed by atoms with Gasteiger partial charge in [0.15, 0.2) is 0 Å². The minimum Gasteiger partial charge on any atom is -0.493 e. The molecule has 2 aliphatic rings. The highest BCUT2D eigenvalue weighted by Crippen LogP contribution is 2.35. The second-order valence-electron chi connectivity index (χ2n) is 6.18. The minimum atomic E-state index is -0.440. The Kier molecular flexibility index (Phi) is 3.40. The van der Waals surface area contributed by atoms with Crippen LogP contribution in [-0.2, 0) is 12.8 Å². The number of anilines is 1. The predicted molar refractivity (Wildman–Crippen MR) is 76.5 cm³/mol. The van der Waals surface area contributed by atoms with Gasteiger partial charge in [-0.25, -0.2) is 0 Å². The Morgan fingerprint density at radius 1 is 1.16 bits per heavy atom. The average Bonchev–Trinajstić information content (AvgIpc) is 2.65. The zero-order valence-corrected chi connectivity index (χ0v) is 11.8. The van der Waals surface area contributed by atoms with Crippen LogP contribution in [0.4, 0.5) is 5.69 Å². The monoisotopic (exact) mass is 261 g/mol.